The summed E-state index contributed by atoms with van der Waals surface area (Å²) in [5.41, 5.74) is 6.18. The minimum absolute atomic E-state index is 0.137. The van der Waals surface area contributed by atoms with E-state index in [0.717, 1.165) is 25.2 Å². The number of hydrogen-bond acceptors (Lipinski definition) is 3. The molecule has 82 valence electrons. The highest BCUT2D eigenvalue weighted by Gasteiger charge is 2.15. The van der Waals surface area contributed by atoms with Gasteiger partial charge in [0.25, 0.3) is 0 Å². The van der Waals surface area contributed by atoms with Crippen LogP contribution in [0.15, 0.2) is 18.2 Å². The summed E-state index contributed by atoms with van der Waals surface area (Å²) in [7, 11) is 0. The fourth-order valence-electron chi connectivity index (χ4n) is 1.58. The summed E-state index contributed by atoms with van der Waals surface area (Å²) in [6.45, 7) is 1.49. The van der Waals surface area contributed by atoms with Crippen LogP contribution in [-0.2, 0) is 4.74 Å². The minimum atomic E-state index is 0.137. The number of benzene rings is 1. The fraction of sp³-hybridized carbons (Fsp3) is 0.455. The summed E-state index contributed by atoms with van der Waals surface area (Å²) < 4.78 is 11.1. The maximum absolute atomic E-state index is 5.90. The Morgan fingerprint density at radius 2 is 2.33 bits per heavy atom. The zero-order valence-corrected chi connectivity index (χ0v) is 9.17. The normalized spacial score (nSPS) is 21.3. The van der Waals surface area contributed by atoms with Crippen molar-refractivity contribution in [1.82, 2.24) is 0 Å². The van der Waals surface area contributed by atoms with Gasteiger partial charge in [0.05, 0.1) is 17.3 Å². The number of nitrogen functional groups attached to an aromatic ring is 1. The molecule has 3 nitrogen and oxygen atoms in total. The molecular weight excluding hydrogens is 214 g/mol. The van der Waals surface area contributed by atoms with Gasteiger partial charge in [-0.2, -0.15) is 0 Å². The van der Waals surface area contributed by atoms with Crippen LogP contribution < -0.4 is 10.5 Å². The average molecular weight is 228 g/mol. The highest BCUT2D eigenvalue weighted by Crippen LogP contribution is 2.25. The molecule has 1 aromatic rings. The van der Waals surface area contributed by atoms with Crippen molar-refractivity contribution in [2.75, 3.05) is 18.9 Å². The van der Waals surface area contributed by atoms with Crippen LogP contribution in [0.2, 0.25) is 5.02 Å². The van der Waals surface area contributed by atoms with E-state index in [2.05, 4.69) is 0 Å². The molecule has 1 aliphatic heterocycles. The van der Waals surface area contributed by atoms with Crippen molar-refractivity contribution in [2.45, 2.75) is 18.9 Å². The molecule has 1 unspecified atom stereocenters. The lowest BCUT2D eigenvalue weighted by Crippen LogP contribution is -2.27. The van der Waals surface area contributed by atoms with Gasteiger partial charge in [-0.1, -0.05) is 11.6 Å². The molecule has 1 saturated heterocycles. The summed E-state index contributed by atoms with van der Waals surface area (Å²) in [5.74, 6) is 0.754. The Bertz CT molecular complexity index is 337. The number of rotatable bonds is 2. The molecule has 0 aromatic heterocycles. The van der Waals surface area contributed by atoms with Crippen LogP contribution in [0.5, 0.6) is 5.75 Å². The van der Waals surface area contributed by atoms with Crippen LogP contribution in [-0.4, -0.2) is 19.3 Å². The molecule has 0 bridgehead atoms. The van der Waals surface area contributed by atoms with E-state index in [4.69, 9.17) is 26.8 Å². The molecule has 1 aliphatic rings. The molecule has 4 heteroatoms. The van der Waals surface area contributed by atoms with Crippen molar-refractivity contribution in [2.24, 2.45) is 0 Å². The van der Waals surface area contributed by atoms with Gasteiger partial charge in [-0.05, 0) is 25.0 Å². The number of nitrogens with two attached hydrogens (primary N) is 1. The second-order valence-corrected chi connectivity index (χ2v) is 4.05. The summed E-state index contributed by atoms with van der Waals surface area (Å²) in [4.78, 5) is 0. The SMILES string of the molecule is Nc1ccc(OC2CCCOC2)cc1Cl. The molecule has 0 saturated carbocycles. The van der Waals surface area contributed by atoms with Crippen molar-refractivity contribution >= 4 is 17.3 Å². The van der Waals surface area contributed by atoms with Gasteiger partial charge in [-0.25, -0.2) is 0 Å². The van der Waals surface area contributed by atoms with Crippen molar-refractivity contribution in [3.05, 3.63) is 23.2 Å². The van der Waals surface area contributed by atoms with E-state index in [1.807, 2.05) is 6.07 Å². The average Bonchev–Trinajstić information content (AvgIpc) is 2.25. The van der Waals surface area contributed by atoms with E-state index in [9.17, 15) is 0 Å². The topological polar surface area (TPSA) is 44.5 Å². The molecule has 0 radical (unpaired) electrons. The molecule has 2 rings (SSSR count). The first-order chi connectivity index (χ1) is 7.25. The maximum atomic E-state index is 5.90. The molecule has 1 atom stereocenters. The highest BCUT2D eigenvalue weighted by atomic mass is 35.5. The van der Waals surface area contributed by atoms with Gasteiger partial charge >= 0.3 is 0 Å². The Morgan fingerprint density at radius 3 is 3.00 bits per heavy atom. The van der Waals surface area contributed by atoms with Gasteiger partial charge in [0.1, 0.15) is 11.9 Å². The number of halogens is 1. The zero-order chi connectivity index (χ0) is 10.7. The van der Waals surface area contributed by atoms with Crippen molar-refractivity contribution in [3.8, 4) is 5.75 Å². The van der Waals surface area contributed by atoms with E-state index in [1.165, 1.54) is 0 Å². The largest absolute Gasteiger partial charge is 0.488 e. The fourth-order valence-corrected chi connectivity index (χ4v) is 1.75. The third kappa shape index (κ3) is 2.76. The lowest BCUT2D eigenvalue weighted by molar-refractivity contribution is 0.00744. The van der Waals surface area contributed by atoms with E-state index < -0.39 is 0 Å². The van der Waals surface area contributed by atoms with E-state index in [1.54, 1.807) is 12.1 Å². The monoisotopic (exact) mass is 227 g/mol. The number of hydrogen-bond donors (Lipinski definition) is 1. The smallest absolute Gasteiger partial charge is 0.122 e. The summed E-state index contributed by atoms with van der Waals surface area (Å²) in [5, 5.41) is 0.532. The molecule has 0 spiro atoms. The van der Waals surface area contributed by atoms with E-state index in [-0.39, 0.29) is 6.10 Å². The quantitative estimate of drug-likeness (QED) is 0.790. The lowest BCUT2D eigenvalue weighted by atomic mass is 10.2. The van der Waals surface area contributed by atoms with Gasteiger partial charge in [0.2, 0.25) is 0 Å². The molecule has 1 aromatic carbocycles. The Labute approximate surface area is 94.1 Å². The highest BCUT2D eigenvalue weighted by molar-refractivity contribution is 6.33. The Morgan fingerprint density at radius 1 is 1.47 bits per heavy atom. The standard InChI is InChI=1S/C11H14ClNO2/c12-10-6-8(3-4-11(10)13)15-9-2-1-5-14-7-9/h3-4,6,9H,1-2,5,7,13H2. The van der Waals surface area contributed by atoms with Gasteiger partial charge in [0, 0.05) is 12.7 Å². The van der Waals surface area contributed by atoms with Crippen LogP contribution in [0.1, 0.15) is 12.8 Å². The van der Waals surface area contributed by atoms with Crippen molar-refractivity contribution in [3.63, 3.8) is 0 Å². The van der Waals surface area contributed by atoms with Crippen LogP contribution in [0.4, 0.5) is 5.69 Å². The molecule has 2 N–H and O–H groups in total. The van der Waals surface area contributed by atoms with Crippen molar-refractivity contribution in [1.29, 1.82) is 0 Å². The maximum Gasteiger partial charge on any atom is 0.122 e. The third-order valence-electron chi connectivity index (χ3n) is 2.39. The molecule has 1 fully saturated rings. The van der Waals surface area contributed by atoms with Crippen LogP contribution in [0, 0.1) is 0 Å². The first kappa shape index (κ1) is 10.6. The van der Waals surface area contributed by atoms with Crippen LogP contribution >= 0.6 is 11.6 Å². The first-order valence-corrected chi connectivity index (χ1v) is 5.43. The Balaban J connectivity index is 2.00. The summed E-state index contributed by atoms with van der Waals surface area (Å²) >= 11 is 5.90. The first-order valence-electron chi connectivity index (χ1n) is 5.05. The molecule has 0 amide bonds. The second-order valence-electron chi connectivity index (χ2n) is 3.64. The molecule has 1 heterocycles. The van der Waals surface area contributed by atoms with Gasteiger partial charge in [0.15, 0.2) is 0 Å². The van der Waals surface area contributed by atoms with Crippen LogP contribution in [0.3, 0.4) is 0 Å². The minimum Gasteiger partial charge on any atom is -0.488 e. The number of ether oxygens (including phenoxy) is 2. The Kier molecular flexibility index (Phi) is 3.34. The number of anilines is 1. The molecule has 0 aliphatic carbocycles. The summed E-state index contributed by atoms with van der Waals surface area (Å²) in [6.07, 6.45) is 2.22. The molecular formula is C11H14ClNO2. The second kappa shape index (κ2) is 4.73. The van der Waals surface area contributed by atoms with E-state index >= 15 is 0 Å². The zero-order valence-electron chi connectivity index (χ0n) is 8.41. The van der Waals surface area contributed by atoms with Crippen LogP contribution in [0.25, 0.3) is 0 Å². The third-order valence-corrected chi connectivity index (χ3v) is 2.72. The van der Waals surface area contributed by atoms with Gasteiger partial charge < -0.3 is 15.2 Å². The summed E-state index contributed by atoms with van der Waals surface area (Å²) in [6, 6.07) is 5.32. The van der Waals surface area contributed by atoms with Gasteiger partial charge in [-0.15, -0.1) is 0 Å². The van der Waals surface area contributed by atoms with Crippen molar-refractivity contribution < 1.29 is 9.47 Å². The van der Waals surface area contributed by atoms with E-state index in [0.29, 0.717) is 17.3 Å². The molecule has 15 heavy (non-hydrogen) atoms. The predicted molar refractivity (Wildman–Crippen MR) is 60.3 cm³/mol. The lowest BCUT2D eigenvalue weighted by Gasteiger charge is -2.23. The predicted octanol–water partition coefficient (Wildman–Crippen LogP) is 2.48. The Hall–Kier alpha value is -0.930. The van der Waals surface area contributed by atoms with Gasteiger partial charge in [-0.3, -0.25) is 0 Å².